The molecular formula is C12H23NO. The first-order valence-corrected chi connectivity index (χ1v) is 5.82. The number of nitrogens with one attached hydrogen (secondary N) is 1. The molecule has 1 aliphatic carbocycles. The van der Waals surface area contributed by atoms with Gasteiger partial charge in [0.25, 0.3) is 0 Å². The van der Waals surface area contributed by atoms with E-state index in [0.717, 1.165) is 19.8 Å². The second-order valence-corrected chi connectivity index (χ2v) is 4.02. The Morgan fingerprint density at radius 2 is 2.43 bits per heavy atom. The largest absolute Gasteiger partial charge is 0.380 e. The number of rotatable bonds is 7. The fourth-order valence-corrected chi connectivity index (χ4v) is 1.80. The van der Waals surface area contributed by atoms with Gasteiger partial charge in [-0.1, -0.05) is 11.6 Å². The van der Waals surface area contributed by atoms with Crippen LogP contribution in [0.2, 0.25) is 0 Å². The van der Waals surface area contributed by atoms with Crippen LogP contribution in [0.15, 0.2) is 11.6 Å². The molecule has 1 atom stereocenters. The SMILES string of the molecule is CCOCC(C)NCCC1=CCCC1. The zero-order chi connectivity index (χ0) is 10.2. The Morgan fingerprint density at radius 1 is 1.57 bits per heavy atom. The molecule has 0 spiro atoms. The van der Waals surface area contributed by atoms with Crippen molar-refractivity contribution in [2.45, 2.75) is 45.6 Å². The first kappa shape index (κ1) is 11.7. The second-order valence-electron chi connectivity index (χ2n) is 4.02. The maximum Gasteiger partial charge on any atom is 0.0616 e. The third kappa shape index (κ3) is 4.77. The topological polar surface area (TPSA) is 21.3 Å². The van der Waals surface area contributed by atoms with Crippen molar-refractivity contribution in [3.05, 3.63) is 11.6 Å². The summed E-state index contributed by atoms with van der Waals surface area (Å²) in [5.74, 6) is 0. The van der Waals surface area contributed by atoms with Gasteiger partial charge in [-0.2, -0.15) is 0 Å². The average molecular weight is 197 g/mol. The Hall–Kier alpha value is -0.340. The van der Waals surface area contributed by atoms with E-state index in [1.165, 1.54) is 25.7 Å². The molecule has 0 saturated carbocycles. The van der Waals surface area contributed by atoms with Crippen molar-refractivity contribution >= 4 is 0 Å². The molecule has 2 heteroatoms. The van der Waals surface area contributed by atoms with Gasteiger partial charge in [0.05, 0.1) is 6.61 Å². The molecule has 0 aliphatic heterocycles. The molecule has 0 heterocycles. The first-order valence-electron chi connectivity index (χ1n) is 5.82. The molecular weight excluding hydrogens is 174 g/mol. The van der Waals surface area contributed by atoms with Gasteiger partial charge in [0, 0.05) is 12.6 Å². The molecule has 82 valence electrons. The zero-order valence-electron chi connectivity index (χ0n) is 9.51. The lowest BCUT2D eigenvalue weighted by atomic mass is 10.1. The van der Waals surface area contributed by atoms with Crippen molar-refractivity contribution in [2.24, 2.45) is 0 Å². The predicted molar refractivity (Wildman–Crippen MR) is 60.5 cm³/mol. The van der Waals surface area contributed by atoms with Crippen LogP contribution < -0.4 is 5.32 Å². The molecule has 0 aromatic heterocycles. The molecule has 2 nitrogen and oxygen atoms in total. The minimum absolute atomic E-state index is 0.483. The van der Waals surface area contributed by atoms with Crippen LogP contribution in [0, 0.1) is 0 Å². The van der Waals surface area contributed by atoms with Gasteiger partial charge >= 0.3 is 0 Å². The Morgan fingerprint density at radius 3 is 3.07 bits per heavy atom. The normalized spacial score (nSPS) is 18.3. The highest BCUT2D eigenvalue weighted by molar-refractivity contribution is 5.07. The van der Waals surface area contributed by atoms with E-state index in [9.17, 15) is 0 Å². The number of hydrogen-bond acceptors (Lipinski definition) is 2. The van der Waals surface area contributed by atoms with Crippen LogP contribution in [0.5, 0.6) is 0 Å². The molecule has 0 fully saturated rings. The molecule has 0 radical (unpaired) electrons. The number of hydrogen-bond donors (Lipinski definition) is 1. The molecule has 1 N–H and O–H groups in total. The van der Waals surface area contributed by atoms with Gasteiger partial charge in [-0.05, 0) is 46.1 Å². The smallest absolute Gasteiger partial charge is 0.0616 e. The second kappa shape index (κ2) is 7.02. The Bertz CT molecular complexity index is 177. The van der Waals surface area contributed by atoms with E-state index in [1.54, 1.807) is 5.57 Å². The highest BCUT2D eigenvalue weighted by atomic mass is 16.5. The molecule has 0 saturated heterocycles. The van der Waals surface area contributed by atoms with Crippen LogP contribution in [0.3, 0.4) is 0 Å². The number of allylic oxidation sites excluding steroid dienone is 1. The minimum atomic E-state index is 0.483. The van der Waals surface area contributed by atoms with Gasteiger partial charge in [-0.25, -0.2) is 0 Å². The van der Waals surface area contributed by atoms with Crippen molar-refractivity contribution in [1.29, 1.82) is 0 Å². The van der Waals surface area contributed by atoms with Gasteiger partial charge in [-0.3, -0.25) is 0 Å². The number of ether oxygens (including phenoxy) is 1. The summed E-state index contributed by atoms with van der Waals surface area (Å²) in [6, 6.07) is 0.483. The van der Waals surface area contributed by atoms with E-state index in [2.05, 4.69) is 18.3 Å². The van der Waals surface area contributed by atoms with Crippen molar-refractivity contribution in [1.82, 2.24) is 5.32 Å². The minimum Gasteiger partial charge on any atom is -0.380 e. The van der Waals surface area contributed by atoms with Gasteiger partial charge in [0.1, 0.15) is 0 Å². The third-order valence-corrected chi connectivity index (χ3v) is 2.65. The van der Waals surface area contributed by atoms with Crippen molar-refractivity contribution in [3.63, 3.8) is 0 Å². The first-order chi connectivity index (χ1) is 6.83. The molecule has 14 heavy (non-hydrogen) atoms. The van der Waals surface area contributed by atoms with E-state index in [0.29, 0.717) is 6.04 Å². The van der Waals surface area contributed by atoms with Gasteiger partial charge in [0.2, 0.25) is 0 Å². The fraction of sp³-hybridized carbons (Fsp3) is 0.833. The van der Waals surface area contributed by atoms with E-state index < -0.39 is 0 Å². The standard InChI is InChI=1S/C12H23NO/c1-3-14-10-11(2)13-9-8-12-6-4-5-7-12/h6,11,13H,3-5,7-10H2,1-2H3. The summed E-state index contributed by atoms with van der Waals surface area (Å²) >= 11 is 0. The van der Waals surface area contributed by atoms with Crippen molar-refractivity contribution in [2.75, 3.05) is 19.8 Å². The monoisotopic (exact) mass is 197 g/mol. The van der Waals surface area contributed by atoms with Crippen LogP contribution in [0.1, 0.15) is 39.5 Å². The summed E-state index contributed by atoms with van der Waals surface area (Å²) in [5, 5.41) is 3.48. The summed E-state index contributed by atoms with van der Waals surface area (Å²) in [5.41, 5.74) is 1.64. The van der Waals surface area contributed by atoms with Crippen LogP contribution in [-0.4, -0.2) is 25.8 Å². The van der Waals surface area contributed by atoms with E-state index in [4.69, 9.17) is 4.74 Å². The summed E-state index contributed by atoms with van der Waals surface area (Å²) in [7, 11) is 0. The van der Waals surface area contributed by atoms with Crippen molar-refractivity contribution in [3.8, 4) is 0 Å². The van der Waals surface area contributed by atoms with Crippen LogP contribution in [-0.2, 0) is 4.74 Å². The van der Waals surface area contributed by atoms with Crippen molar-refractivity contribution < 1.29 is 4.74 Å². The molecule has 0 amide bonds. The van der Waals surface area contributed by atoms with Crippen LogP contribution >= 0.6 is 0 Å². The maximum absolute atomic E-state index is 5.34. The molecule has 0 aromatic carbocycles. The maximum atomic E-state index is 5.34. The van der Waals surface area contributed by atoms with E-state index in [1.807, 2.05) is 6.92 Å². The molecule has 0 bridgehead atoms. The fourth-order valence-electron chi connectivity index (χ4n) is 1.80. The molecule has 1 unspecified atom stereocenters. The average Bonchev–Trinajstić information content (AvgIpc) is 2.67. The van der Waals surface area contributed by atoms with E-state index in [-0.39, 0.29) is 0 Å². The Labute approximate surface area is 87.7 Å². The third-order valence-electron chi connectivity index (χ3n) is 2.65. The highest BCUT2D eigenvalue weighted by Crippen LogP contribution is 2.19. The zero-order valence-corrected chi connectivity index (χ0v) is 9.51. The molecule has 1 aliphatic rings. The Balaban J connectivity index is 1.97. The van der Waals surface area contributed by atoms with Crippen LogP contribution in [0.4, 0.5) is 0 Å². The van der Waals surface area contributed by atoms with Gasteiger partial charge < -0.3 is 10.1 Å². The lowest BCUT2D eigenvalue weighted by Gasteiger charge is -2.13. The lowest BCUT2D eigenvalue weighted by Crippen LogP contribution is -2.31. The quantitative estimate of drug-likeness (QED) is 0.633. The summed E-state index contributed by atoms with van der Waals surface area (Å²) in [4.78, 5) is 0. The predicted octanol–water partition coefficient (Wildman–Crippen LogP) is 2.50. The Kier molecular flexibility index (Phi) is 5.88. The summed E-state index contributed by atoms with van der Waals surface area (Å²) in [6.45, 7) is 6.96. The molecule has 0 aromatic rings. The van der Waals surface area contributed by atoms with Gasteiger partial charge in [-0.15, -0.1) is 0 Å². The van der Waals surface area contributed by atoms with Gasteiger partial charge in [0.15, 0.2) is 0 Å². The molecule has 1 rings (SSSR count). The summed E-state index contributed by atoms with van der Waals surface area (Å²) in [6.07, 6.45) is 7.60. The summed E-state index contributed by atoms with van der Waals surface area (Å²) < 4.78 is 5.34. The highest BCUT2D eigenvalue weighted by Gasteiger charge is 2.05. The van der Waals surface area contributed by atoms with Crippen LogP contribution in [0.25, 0.3) is 0 Å². The van der Waals surface area contributed by atoms with E-state index >= 15 is 0 Å². The lowest BCUT2D eigenvalue weighted by molar-refractivity contribution is 0.127.